The van der Waals surface area contributed by atoms with E-state index in [1.54, 1.807) is 0 Å². The zero-order valence-corrected chi connectivity index (χ0v) is 17.4. The average molecular weight is 378 g/mol. The number of carbonyl (C=O) groups excluding carboxylic acids is 1. The molecule has 0 aromatic heterocycles. The standard InChI is InChI=1S/C25H31NO2/c1-5-6-17-25(19-26,21-15-11-8-12-16-21)22(20-13-9-7-10-14-20)18-23(27)28-24(2,3)4/h7-16,22H,5-6,17-18H2,1-4H3/t22-,25+/m0/s1. The van der Waals surface area contributed by atoms with E-state index in [2.05, 4.69) is 13.0 Å². The van der Waals surface area contributed by atoms with Gasteiger partial charge in [0.2, 0.25) is 0 Å². The summed E-state index contributed by atoms with van der Waals surface area (Å²) in [6, 6.07) is 22.4. The highest BCUT2D eigenvalue weighted by Crippen LogP contribution is 2.45. The van der Waals surface area contributed by atoms with Crippen molar-refractivity contribution in [3.05, 3.63) is 71.8 Å². The maximum atomic E-state index is 12.8. The zero-order valence-electron chi connectivity index (χ0n) is 17.4. The van der Waals surface area contributed by atoms with E-state index >= 15 is 0 Å². The van der Waals surface area contributed by atoms with Crippen LogP contribution in [0.5, 0.6) is 0 Å². The molecule has 0 N–H and O–H groups in total. The Bertz CT molecular complexity index is 787. The minimum atomic E-state index is -0.782. The molecule has 0 fully saturated rings. The van der Waals surface area contributed by atoms with Gasteiger partial charge < -0.3 is 4.74 Å². The lowest BCUT2D eigenvalue weighted by molar-refractivity contribution is -0.155. The molecule has 3 heteroatoms. The van der Waals surface area contributed by atoms with E-state index in [0.717, 1.165) is 24.0 Å². The number of hydrogen-bond donors (Lipinski definition) is 0. The summed E-state index contributed by atoms with van der Waals surface area (Å²) in [5, 5.41) is 10.4. The molecule has 0 aliphatic rings. The molecule has 0 radical (unpaired) electrons. The Labute approximate surface area is 169 Å². The van der Waals surface area contributed by atoms with Crippen molar-refractivity contribution < 1.29 is 9.53 Å². The summed E-state index contributed by atoms with van der Waals surface area (Å²) in [4.78, 5) is 12.8. The largest absolute Gasteiger partial charge is 0.460 e. The molecule has 0 saturated heterocycles. The molecule has 2 aromatic carbocycles. The third-order valence-electron chi connectivity index (χ3n) is 5.00. The summed E-state index contributed by atoms with van der Waals surface area (Å²) < 4.78 is 5.62. The van der Waals surface area contributed by atoms with Gasteiger partial charge in [0.25, 0.3) is 0 Å². The molecule has 0 unspecified atom stereocenters. The van der Waals surface area contributed by atoms with E-state index in [-0.39, 0.29) is 18.3 Å². The van der Waals surface area contributed by atoms with E-state index in [1.807, 2.05) is 81.4 Å². The Morgan fingerprint density at radius 1 is 1.04 bits per heavy atom. The molecule has 2 atom stereocenters. The molecule has 0 aliphatic carbocycles. The summed E-state index contributed by atoms with van der Waals surface area (Å²) in [5.41, 5.74) is 0.623. The summed E-state index contributed by atoms with van der Waals surface area (Å²) in [6.07, 6.45) is 2.78. The van der Waals surface area contributed by atoms with Crippen LogP contribution in [0, 0.1) is 11.3 Å². The van der Waals surface area contributed by atoms with Crippen LogP contribution in [0.1, 0.15) is 70.4 Å². The molecule has 148 valence electrons. The quantitative estimate of drug-likeness (QED) is 0.518. The van der Waals surface area contributed by atoms with Crippen molar-refractivity contribution in [2.45, 2.75) is 70.3 Å². The topological polar surface area (TPSA) is 50.1 Å². The number of nitrogens with zero attached hydrogens (tertiary/aromatic N) is 1. The molecule has 0 spiro atoms. The maximum Gasteiger partial charge on any atom is 0.306 e. The Morgan fingerprint density at radius 2 is 1.61 bits per heavy atom. The number of carbonyl (C=O) groups is 1. The number of unbranched alkanes of at least 4 members (excludes halogenated alkanes) is 1. The molecule has 0 bridgehead atoms. The van der Waals surface area contributed by atoms with Crippen LogP contribution in [0.4, 0.5) is 0 Å². The number of benzene rings is 2. The lowest BCUT2D eigenvalue weighted by atomic mass is 9.64. The van der Waals surface area contributed by atoms with Crippen LogP contribution >= 0.6 is 0 Å². The predicted octanol–water partition coefficient (Wildman–Crippen LogP) is 6.15. The minimum Gasteiger partial charge on any atom is -0.460 e. The van der Waals surface area contributed by atoms with Gasteiger partial charge in [-0.25, -0.2) is 0 Å². The first kappa shape index (κ1) is 21.7. The van der Waals surface area contributed by atoms with Gasteiger partial charge >= 0.3 is 5.97 Å². The monoisotopic (exact) mass is 377 g/mol. The molecule has 0 amide bonds. The van der Waals surface area contributed by atoms with E-state index in [4.69, 9.17) is 4.74 Å². The highest BCUT2D eigenvalue weighted by molar-refractivity contribution is 5.72. The molecule has 0 saturated carbocycles. The molecular formula is C25H31NO2. The second kappa shape index (κ2) is 9.55. The zero-order chi connectivity index (χ0) is 20.6. The molecule has 28 heavy (non-hydrogen) atoms. The fourth-order valence-corrected chi connectivity index (χ4v) is 3.72. The molecule has 0 heterocycles. The van der Waals surface area contributed by atoms with Crippen LogP contribution in [-0.2, 0) is 14.9 Å². The number of nitriles is 1. The SMILES string of the molecule is CCCC[C@@](C#N)(c1ccccc1)[C@@H](CC(=O)OC(C)(C)C)c1ccccc1. The van der Waals surface area contributed by atoms with Gasteiger partial charge in [-0.2, -0.15) is 5.26 Å². The lowest BCUT2D eigenvalue weighted by Gasteiger charge is -2.36. The molecular weight excluding hydrogens is 346 g/mol. The van der Waals surface area contributed by atoms with Crippen LogP contribution < -0.4 is 0 Å². The molecule has 0 aliphatic heterocycles. The highest BCUT2D eigenvalue weighted by Gasteiger charge is 2.42. The highest BCUT2D eigenvalue weighted by atomic mass is 16.6. The predicted molar refractivity (Wildman–Crippen MR) is 113 cm³/mol. The van der Waals surface area contributed by atoms with Crippen molar-refractivity contribution in [1.82, 2.24) is 0 Å². The second-order valence-corrected chi connectivity index (χ2v) is 8.31. The molecule has 3 nitrogen and oxygen atoms in total. The summed E-state index contributed by atoms with van der Waals surface area (Å²) >= 11 is 0. The third-order valence-corrected chi connectivity index (χ3v) is 5.00. The van der Waals surface area contributed by atoms with E-state index < -0.39 is 11.0 Å². The Morgan fingerprint density at radius 3 is 2.11 bits per heavy atom. The van der Waals surface area contributed by atoms with Gasteiger partial charge in [-0.3, -0.25) is 4.79 Å². The van der Waals surface area contributed by atoms with Gasteiger partial charge in [0.05, 0.1) is 17.9 Å². The van der Waals surface area contributed by atoms with Crippen LogP contribution in [0.3, 0.4) is 0 Å². The van der Waals surface area contributed by atoms with Crippen molar-refractivity contribution in [3.63, 3.8) is 0 Å². The number of esters is 1. The Balaban J connectivity index is 2.55. The average Bonchev–Trinajstić information content (AvgIpc) is 2.68. The summed E-state index contributed by atoms with van der Waals surface area (Å²) in [7, 11) is 0. The molecule has 2 aromatic rings. The minimum absolute atomic E-state index is 0.174. The Kier molecular flexibility index (Phi) is 7.40. The van der Waals surface area contributed by atoms with Crippen LogP contribution in [0.15, 0.2) is 60.7 Å². The van der Waals surface area contributed by atoms with Gasteiger partial charge in [-0.15, -0.1) is 0 Å². The number of ether oxygens (including phenoxy) is 1. The lowest BCUT2D eigenvalue weighted by Crippen LogP contribution is -2.35. The molecule has 2 rings (SSSR count). The fraction of sp³-hybridized carbons (Fsp3) is 0.440. The van der Waals surface area contributed by atoms with E-state index in [0.29, 0.717) is 6.42 Å². The van der Waals surface area contributed by atoms with Gasteiger partial charge in [0.15, 0.2) is 0 Å². The smallest absolute Gasteiger partial charge is 0.306 e. The second-order valence-electron chi connectivity index (χ2n) is 8.31. The van der Waals surface area contributed by atoms with Crippen LogP contribution in [0.25, 0.3) is 0 Å². The van der Waals surface area contributed by atoms with Gasteiger partial charge in [0, 0.05) is 5.92 Å². The van der Waals surface area contributed by atoms with Crippen LogP contribution in [-0.4, -0.2) is 11.6 Å². The number of hydrogen-bond acceptors (Lipinski definition) is 3. The first-order valence-electron chi connectivity index (χ1n) is 10.1. The van der Waals surface area contributed by atoms with Gasteiger partial charge in [0.1, 0.15) is 5.60 Å². The Hall–Kier alpha value is -2.60. The normalized spacial score (nSPS) is 14.5. The van der Waals surface area contributed by atoms with Crippen molar-refractivity contribution in [3.8, 4) is 6.07 Å². The van der Waals surface area contributed by atoms with E-state index in [9.17, 15) is 10.1 Å². The van der Waals surface area contributed by atoms with Gasteiger partial charge in [-0.1, -0.05) is 80.4 Å². The van der Waals surface area contributed by atoms with Crippen molar-refractivity contribution >= 4 is 5.97 Å². The maximum absolute atomic E-state index is 12.8. The first-order chi connectivity index (χ1) is 13.3. The van der Waals surface area contributed by atoms with Crippen molar-refractivity contribution in [1.29, 1.82) is 5.26 Å². The van der Waals surface area contributed by atoms with Crippen LogP contribution in [0.2, 0.25) is 0 Å². The fourth-order valence-electron chi connectivity index (χ4n) is 3.72. The van der Waals surface area contributed by atoms with E-state index in [1.165, 1.54) is 0 Å². The van der Waals surface area contributed by atoms with Crippen molar-refractivity contribution in [2.24, 2.45) is 0 Å². The number of rotatable bonds is 8. The third kappa shape index (κ3) is 5.45. The first-order valence-corrected chi connectivity index (χ1v) is 10.1. The van der Waals surface area contributed by atoms with Crippen molar-refractivity contribution in [2.75, 3.05) is 0 Å². The van der Waals surface area contributed by atoms with Gasteiger partial charge in [-0.05, 0) is 38.3 Å². The summed E-state index contributed by atoms with van der Waals surface area (Å²) in [5.74, 6) is -0.545. The summed E-state index contributed by atoms with van der Waals surface area (Å²) in [6.45, 7) is 7.73.